The Bertz CT molecular complexity index is 975. The van der Waals surface area contributed by atoms with Gasteiger partial charge in [-0.15, -0.1) is 0 Å². The van der Waals surface area contributed by atoms with Crippen LogP contribution in [0, 0.1) is 5.92 Å². The predicted molar refractivity (Wildman–Crippen MR) is 132 cm³/mol. The van der Waals surface area contributed by atoms with Gasteiger partial charge in [0.25, 0.3) is 5.91 Å². The van der Waals surface area contributed by atoms with Gasteiger partial charge < -0.3 is 21.3 Å². The van der Waals surface area contributed by atoms with Crippen molar-refractivity contribution in [2.24, 2.45) is 5.92 Å². The second-order valence-corrected chi connectivity index (χ2v) is 9.09. The van der Waals surface area contributed by atoms with Crippen LogP contribution in [0.5, 0.6) is 0 Å². The summed E-state index contributed by atoms with van der Waals surface area (Å²) in [6.45, 7) is 3.69. The topological polar surface area (TPSA) is 99.3 Å². The molecule has 1 aliphatic carbocycles. The van der Waals surface area contributed by atoms with Gasteiger partial charge in [-0.3, -0.25) is 9.59 Å². The van der Waals surface area contributed by atoms with Gasteiger partial charge in [-0.05, 0) is 49.1 Å². The van der Waals surface area contributed by atoms with Gasteiger partial charge in [-0.1, -0.05) is 62.9 Å². The minimum atomic E-state index is -0.774. The van der Waals surface area contributed by atoms with Crippen molar-refractivity contribution in [1.29, 1.82) is 0 Å². The molecule has 4 N–H and O–H groups in total. The Morgan fingerprint density at radius 3 is 2.27 bits per heavy atom. The molecule has 0 aliphatic heterocycles. The van der Waals surface area contributed by atoms with Crippen LogP contribution in [0.15, 0.2) is 48.5 Å². The summed E-state index contributed by atoms with van der Waals surface area (Å²) in [7, 11) is 0. The van der Waals surface area contributed by atoms with Crippen LogP contribution in [0.2, 0.25) is 5.02 Å². The number of anilines is 2. The number of benzene rings is 2. The van der Waals surface area contributed by atoms with E-state index >= 15 is 0 Å². The molecule has 1 aliphatic rings. The number of para-hydroxylation sites is 1. The van der Waals surface area contributed by atoms with E-state index in [1.54, 1.807) is 30.3 Å². The highest BCUT2D eigenvalue weighted by atomic mass is 35.5. The fourth-order valence-corrected chi connectivity index (χ4v) is 4.08. The molecule has 1 unspecified atom stereocenters. The third-order valence-electron chi connectivity index (χ3n) is 5.69. The molecular formula is C25H31ClN4O3. The summed E-state index contributed by atoms with van der Waals surface area (Å²) in [5.74, 6) is -0.786. The van der Waals surface area contributed by atoms with Gasteiger partial charge in [0.15, 0.2) is 0 Å². The Hall–Kier alpha value is -3.06. The van der Waals surface area contributed by atoms with Gasteiger partial charge in [0.1, 0.15) is 6.04 Å². The number of amides is 4. The van der Waals surface area contributed by atoms with Crippen molar-refractivity contribution in [2.75, 3.05) is 10.6 Å². The normalized spacial score (nSPS) is 14.9. The fraction of sp³-hybridized carbons (Fsp3) is 0.400. The first-order chi connectivity index (χ1) is 15.8. The number of hydrogen-bond acceptors (Lipinski definition) is 3. The lowest BCUT2D eigenvalue weighted by atomic mass is 9.95. The Morgan fingerprint density at radius 2 is 1.61 bits per heavy atom. The zero-order valence-electron chi connectivity index (χ0n) is 19.0. The van der Waals surface area contributed by atoms with Gasteiger partial charge in [-0.2, -0.15) is 0 Å². The molecule has 176 valence electrons. The highest BCUT2D eigenvalue weighted by Crippen LogP contribution is 2.23. The third-order valence-corrected chi connectivity index (χ3v) is 6.02. The largest absolute Gasteiger partial charge is 0.349 e. The quantitative estimate of drug-likeness (QED) is 0.448. The highest BCUT2D eigenvalue weighted by molar-refractivity contribution is 6.34. The molecule has 0 heterocycles. The van der Waals surface area contributed by atoms with Crippen LogP contribution in [0.1, 0.15) is 56.3 Å². The van der Waals surface area contributed by atoms with E-state index in [0.717, 1.165) is 25.7 Å². The molecule has 0 spiro atoms. The first kappa shape index (κ1) is 24.6. The first-order valence-electron chi connectivity index (χ1n) is 11.4. The number of carbonyl (C=O) groups is 3. The molecule has 33 heavy (non-hydrogen) atoms. The van der Waals surface area contributed by atoms with E-state index < -0.39 is 12.1 Å². The van der Waals surface area contributed by atoms with Crippen molar-refractivity contribution in [1.82, 2.24) is 10.6 Å². The summed E-state index contributed by atoms with van der Waals surface area (Å²) >= 11 is 6.27. The molecule has 2 aromatic rings. The molecule has 1 saturated carbocycles. The molecule has 4 amide bonds. The monoisotopic (exact) mass is 470 g/mol. The van der Waals surface area contributed by atoms with Gasteiger partial charge >= 0.3 is 6.03 Å². The SMILES string of the molecule is CC(C)C(NC(=O)Nc1ccccc1)C(=O)Nc1ccc(Cl)c(C(=O)NC2CCCCC2)c1. The Balaban J connectivity index is 1.64. The Morgan fingerprint density at radius 1 is 0.909 bits per heavy atom. The van der Waals surface area contributed by atoms with E-state index in [0.29, 0.717) is 22.0 Å². The van der Waals surface area contributed by atoms with Crippen molar-refractivity contribution in [3.8, 4) is 0 Å². The molecular weight excluding hydrogens is 440 g/mol. The number of nitrogens with one attached hydrogen (secondary N) is 4. The summed E-state index contributed by atoms with van der Waals surface area (Å²) in [6.07, 6.45) is 5.34. The molecule has 0 aromatic heterocycles. The molecule has 7 nitrogen and oxygen atoms in total. The van der Waals surface area contributed by atoms with Crippen molar-refractivity contribution in [2.45, 2.75) is 58.0 Å². The molecule has 0 bridgehead atoms. The summed E-state index contributed by atoms with van der Waals surface area (Å²) in [6, 6.07) is 12.7. The average molecular weight is 471 g/mol. The van der Waals surface area contributed by atoms with Crippen LogP contribution >= 0.6 is 11.6 Å². The third kappa shape index (κ3) is 7.22. The lowest BCUT2D eigenvalue weighted by molar-refractivity contribution is -0.118. The maximum Gasteiger partial charge on any atom is 0.319 e. The van der Waals surface area contributed by atoms with Crippen LogP contribution < -0.4 is 21.3 Å². The van der Waals surface area contributed by atoms with E-state index in [9.17, 15) is 14.4 Å². The van der Waals surface area contributed by atoms with Gasteiger partial charge in [-0.25, -0.2) is 4.79 Å². The van der Waals surface area contributed by atoms with Crippen molar-refractivity contribution in [3.05, 3.63) is 59.1 Å². The van der Waals surface area contributed by atoms with Gasteiger partial charge in [0.2, 0.25) is 5.91 Å². The number of halogens is 1. The molecule has 1 fully saturated rings. The predicted octanol–water partition coefficient (Wildman–Crippen LogP) is 5.19. The van der Waals surface area contributed by atoms with E-state index in [-0.39, 0.29) is 23.8 Å². The van der Waals surface area contributed by atoms with Crippen LogP contribution in [-0.4, -0.2) is 29.9 Å². The van der Waals surface area contributed by atoms with Crippen LogP contribution in [0.4, 0.5) is 16.2 Å². The maximum atomic E-state index is 12.9. The number of carbonyl (C=O) groups excluding carboxylic acids is 3. The second-order valence-electron chi connectivity index (χ2n) is 8.68. The van der Waals surface area contributed by atoms with Crippen LogP contribution in [0.3, 0.4) is 0 Å². The standard InChI is InChI=1S/C25H31ClN4O3/c1-16(2)22(30-25(33)29-18-11-7-4-8-12-18)24(32)28-19-13-14-21(26)20(15-19)23(31)27-17-9-5-3-6-10-17/h4,7-8,11-17,22H,3,5-6,9-10H2,1-2H3,(H,27,31)(H,28,32)(H2,29,30,33). The minimum absolute atomic E-state index is 0.151. The molecule has 2 aromatic carbocycles. The summed E-state index contributed by atoms with van der Waals surface area (Å²) in [4.78, 5) is 38.1. The zero-order chi connectivity index (χ0) is 23.8. The second kappa shape index (κ2) is 11.7. The smallest absolute Gasteiger partial charge is 0.319 e. The lowest BCUT2D eigenvalue weighted by Gasteiger charge is -2.23. The molecule has 3 rings (SSSR count). The van der Waals surface area contributed by atoms with Crippen molar-refractivity contribution >= 4 is 40.8 Å². The highest BCUT2D eigenvalue weighted by Gasteiger charge is 2.25. The van der Waals surface area contributed by atoms with E-state index in [1.165, 1.54) is 6.42 Å². The maximum absolute atomic E-state index is 12.9. The number of urea groups is 1. The molecule has 8 heteroatoms. The summed E-state index contributed by atoms with van der Waals surface area (Å²) in [5, 5.41) is 11.6. The Labute approximate surface area is 199 Å². The van der Waals surface area contributed by atoms with E-state index in [1.807, 2.05) is 32.0 Å². The number of hydrogen-bond donors (Lipinski definition) is 4. The number of rotatable bonds is 7. The van der Waals surface area contributed by atoms with Crippen molar-refractivity contribution < 1.29 is 14.4 Å². The van der Waals surface area contributed by atoms with E-state index in [4.69, 9.17) is 11.6 Å². The van der Waals surface area contributed by atoms with Gasteiger partial charge in [0.05, 0.1) is 10.6 Å². The molecule has 1 atom stereocenters. The summed E-state index contributed by atoms with van der Waals surface area (Å²) < 4.78 is 0. The summed E-state index contributed by atoms with van der Waals surface area (Å²) in [5.41, 5.74) is 1.38. The zero-order valence-corrected chi connectivity index (χ0v) is 19.7. The lowest BCUT2D eigenvalue weighted by Crippen LogP contribution is -2.48. The average Bonchev–Trinajstić information content (AvgIpc) is 2.79. The first-order valence-corrected chi connectivity index (χ1v) is 11.7. The van der Waals surface area contributed by atoms with Gasteiger partial charge in [0, 0.05) is 17.4 Å². The van der Waals surface area contributed by atoms with Crippen molar-refractivity contribution in [3.63, 3.8) is 0 Å². The molecule has 0 saturated heterocycles. The van der Waals surface area contributed by atoms with Crippen LogP contribution in [0.25, 0.3) is 0 Å². The Kier molecular flexibility index (Phi) is 8.72. The van der Waals surface area contributed by atoms with Crippen LogP contribution in [-0.2, 0) is 4.79 Å². The molecule has 0 radical (unpaired) electrons. The van der Waals surface area contributed by atoms with E-state index in [2.05, 4.69) is 21.3 Å². The minimum Gasteiger partial charge on any atom is -0.349 e. The fourth-order valence-electron chi connectivity index (χ4n) is 3.87.